The van der Waals surface area contributed by atoms with Gasteiger partial charge in [0.05, 0.1) is 18.9 Å². The van der Waals surface area contributed by atoms with Gasteiger partial charge >= 0.3 is 5.97 Å². The van der Waals surface area contributed by atoms with Gasteiger partial charge < -0.3 is 9.47 Å². The van der Waals surface area contributed by atoms with E-state index in [4.69, 9.17) is 9.47 Å². The number of ether oxygens (including phenoxy) is 2. The Bertz CT molecular complexity index is 577. The van der Waals surface area contributed by atoms with Crippen molar-refractivity contribution in [3.8, 4) is 0 Å². The van der Waals surface area contributed by atoms with Gasteiger partial charge in [0.1, 0.15) is 5.56 Å². The molecule has 0 aliphatic carbocycles. The average molecular weight is 317 g/mol. The van der Waals surface area contributed by atoms with Crippen LogP contribution >= 0.6 is 0 Å². The zero-order valence-electron chi connectivity index (χ0n) is 11.8. The highest BCUT2D eigenvalue weighted by molar-refractivity contribution is 7.89. The fraction of sp³-hybridized carbons (Fsp3) is 0.667. The van der Waals surface area contributed by atoms with E-state index in [-0.39, 0.29) is 29.8 Å². The van der Waals surface area contributed by atoms with Crippen LogP contribution in [0.4, 0.5) is 0 Å². The van der Waals surface area contributed by atoms with Crippen LogP contribution in [0.15, 0.2) is 11.2 Å². The van der Waals surface area contributed by atoms with Gasteiger partial charge in [0.2, 0.25) is 0 Å². The Labute approximate surface area is 123 Å². The molecule has 1 unspecified atom stereocenters. The topological polar surface area (TPSA) is 110 Å². The highest BCUT2D eigenvalue weighted by Crippen LogP contribution is 2.16. The molecule has 21 heavy (non-hydrogen) atoms. The second-order valence-electron chi connectivity index (χ2n) is 4.65. The number of nitrogens with zero attached hydrogens (tertiary/aromatic N) is 1. The monoisotopic (exact) mass is 317 g/mol. The van der Waals surface area contributed by atoms with Crippen LogP contribution in [0.3, 0.4) is 0 Å². The quantitative estimate of drug-likeness (QED) is 0.706. The highest BCUT2D eigenvalue weighted by atomic mass is 32.2. The molecule has 0 saturated carbocycles. The molecule has 1 fully saturated rings. The molecule has 8 nitrogen and oxygen atoms in total. The minimum absolute atomic E-state index is 0.0959. The van der Waals surface area contributed by atoms with Crippen LogP contribution in [0.2, 0.25) is 0 Å². The van der Waals surface area contributed by atoms with Crippen molar-refractivity contribution in [3.63, 3.8) is 0 Å². The molecule has 1 aromatic heterocycles. The van der Waals surface area contributed by atoms with Crippen LogP contribution in [-0.2, 0) is 19.5 Å². The van der Waals surface area contributed by atoms with Gasteiger partial charge in [-0.15, -0.1) is 0 Å². The molecule has 2 rings (SSSR count). The zero-order valence-corrected chi connectivity index (χ0v) is 12.6. The van der Waals surface area contributed by atoms with E-state index in [2.05, 4.69) is 14.9 Å². The number of rotatable bonds is 7. The molecule has 1 atom stereocenters. The summed E-state index contributed by atoms with van der Waals surface area (Å²) in [6.07, 6.45) is 3.79. The first kappa shape index (κ1) is 15.9. The number of hydrogen-bond donors (Lipinski definition) is 2. The molecule has 0 aromatic carbocycles. The van der Waals surface area contributed by atoms with Crippen LogP contribution in [0.1, 0.15) is 36.5 Å². The maximum atomic E-state index is 12.2. The summed E-state index contributed by atoms with van der Waals surface area (Å²) in [5.74, 6) is -0.717. The van der Waals surface area contributed by atoms with Crippen LogP contribution < -0.4 is 4.72 Å². The lowest BCUT2D eigenvalue weighted by Gasteiger charge is -2.10. The van der Waals surface area contributed by atoms with Crippen LogP contribution in [0.25, 0.3) is 0 Å². The number of nitrogens with one attached hydrogen (secondary N) is 2. The molecular weight excluding hydrogens is 298 g/mol. The molecule has 1 aliphatic rings. The first-order valence-corrected chi connectivity index (χ1v) is 8.34. The molecule has 2 heterocycles. The Morgan fingerprint density at radius 3 is 3.10 bits per heavy atom. The zero-order chi connectivity index (χ0) is 15.3. The largest absolute Gasteiger partial charge is 0.462 e. The summed E-state index contributed by atoms with van der Waals surface area (Å²) in [4.78, 5) is 11.7. The third-order valence-corrected chi connectivity index (χ3v) is 4.58. The van der Waals surface area contributed by atoms with E-state index in [0.717, 1.165) is 25.6 Å². The fourth-order valence-electron chi connectivity index (χ4n) is 2.13. The van der Waals surface area contributed by atoms with Crippen molar-refractivity contribution in [2.24, 2.45) is 0 Å². The SMILES string of the molecule is CCOC(=O)c1cn[nH]c1S(=O)(=O)NCCC1CCCO1. The Morgan fingerprint density at radius 1 is 1.62 bits per heavy atom. The van der Waals surface area contributed by atoms with E-state index >= 15 is 0 Å². The predicted molar refractivity (Wildman–Crippen MR) is 73.3 cm³/mol. The standard InChI is InChI=1S/C12H19N3O5S/c1-2-19-12(16)10-8-13-15-11(10)21(17,18)14-6-5-9-4-3-7-20-9/h8-9,14H,2-7H2,1H3,(H,13,15). The van der Waals surface area contributed by atoms with Crippen molar-refractivity contribution in [3.05, 3.63) is 11.8 Å². The lowest BCUT2D eigenvalue weighted by Crippen LogP contribution is -2.28. The summed E-state index contributed by atoms with van der Waals surface area (Å²) in [6.45, 7) is 2.78. The molecule has 118 valence electrons. The van der Waals surface area contributed by atoms with Crippen LogP contribution in [0, 0.1) is 0 Å². The third-order valence-electron chi connectivity index (χ3n) is 3.15. The van der Waals surface area contributed by atoms with Gasteiger partial charge in [0.15, 0.2) is 5.03 Å². The van der Waals surface area contributed by atoms with E-state index in [1.165, 1.54) is 0 Å². The molecular formula is C12H19N3O5S. The molecule has 2 N–H and O–H groups in total. The first-order chi connectivity index (χ1) is 10.0. The molecule has 0 spiro atoms. The Morgan fingerprint density at radius 2 is 2.43 bits per heavy atom. The van der Waals surface area contributed by atoms with Crippen molar-refractivity contribution in [1.29, 1.82) is 0 Å². The summed E-state index contributed by atoms with van der Waals surface area (Å²) in [5, 5.41) is 5.67. The van der Waals surface area contributed by atoms with E-state index in [9.17, 15) is 13.2 Å². The third kappa shape index (κ3) is 4.02. The van der Waals surface area contributed by atoms with Gasteiger partial charge in [0.25, 0.3) is 10.0 Å². The maximum absolute atomic E-state index is 12.2. The van der Waals surface area contributed by atoms with Gasteiger partial charge in [-0.1, -0.05) is 0 Å². The summed E-state index contributed by atoms with van der Waals surface area (Å²) >= 11 is 0. The molecule has 0 amide bonds. The van der Waals surface area contributed by atoms with Gasteiger partial charge in [-0.3, -0.25) is 5.10 Å². The molecule has 0 bridgehead atoms. The number of carbonyl (C=O) groups excluding carboxylic acids is 1. The van der Waals surface area contributed by atoms with E-state index in [1.807, 2.05) is 0 Å². The van der Waals surface area contributed by atoms with E-state index < -0.39 is 16.0 Å². The van der Waals surface area contributed by atoms with Gasteiger partial charge in [-0.05, 0) is 26.2 Å². The molecule has 0 radical (unpaired) electrons. The van der Waals surface area contributed by atoms with Gasteiger partial charge in [-0.2, -0.15) is 5.10 Å². The fourth-order valence-corrected chi connectivity index (χ4v) is 3.26. The van der Waals surface area contributed by atoms with Crippen molar-refractivity contribution in [1.82, 2.24) is 14.9 Å². The number of hydrogen-bond acceptors (Lipinski definition) is 6. The minimum Gasteiger partial charge on any atom is -0.462 e. The molecule has 1 saturated heterocycles. The smallest absolute Gasteiger partial charge is 0.342 e. The predicted octanol–water partition coefficient (Wildman–Crippen LogP) is 0.434. The minimum atomic E-state index is -3.83. The summed E-state index contributed by atoms with van der Waals surface area (Å²) in [7, 11) is -3.83. The number of H-pyrrole nitrogens is 1. The Balaban J connectivity index is 1.98. The lowest BCUT2D eigenvalue weighted by molar-refractivity contribution is 0.0521. The second-order valence-corrected chi connectivity index (χ2v) is 6.36. The normalized spacial score (nSPS) is 18.8. The number of aromatic nitrogens is 2. The maximum Gasteiger partial charge on any atom is 0.342 e. The van der Waals surface area contributed by atoms with Crippen LogP contribution in [-0.4, -0.2) is 50.4 Å². The second kappa shape index (κ2) is 7.01. The molecule has 9 heteroatoms. The summed E-state index contributed by atoms with van der Waals surface area (Å²) in [6, 6.07) is 0. The summed E-state index contributed by atoms with van der Waals surface area (Å²) in [5.41, 5.74) is -0.0959. The van der Waals surface area contributed by atoms with Crippen molar-refractivity contribution in [2.45, 2.75) is 37.3 Å². The number of carbonyl (C=O) groups is 1. The number of sulfonamides is 1. The van der Waals surface area contributed by atoms with Gasteiger partial charge in [-0.25, -0.2) is 17.9 Å². The average Bonchev–Trinajstić information content (AvgIpc) is 3.10. The lowest BCUT2D eigenvalue weighted by atomic mass is 10.2. The highest BCUT2D eigenvalue weighted by Gasteiger charge is 2.26. The van der Waals surface area contributed by atoms with E-state index in [0.29, 0.717) is 6.42 Å². The van der Waals surface area contributed by atoms with Crippen molar-refractivity contribution in [2.75, 3.05) is 19.8 Å². The Kier molecular flexibility index (Phi) is 5.32. The first-order valence-electron chi connectivity index (χ1n) is 6.86. The van der Waals surface area contributed by atoms with Crippen molar-refractivity contribution >= 4 is 16.0 Å². The van der Waals surface area contributed by atoms with Crippen molar-refractivity contribution < 1.29 is 22.7 Å². The van der Waals surface area contributed by atoms with Gasteiger partial charge in [0, 0.05) is 13.2 Å². The van der Waals surface area contributed by atoms with Crippen LogP contribution in [0.5, 0.6) is 0 Å². The summed E-state index contributed by atoms with van der Waals surface area (Å²) < 4.78 is 37.0. The molecule has 1 aromatic rings. The van der Waals surface area contributed by atoms with E-state index in [1.54, 1.807) is 6.92 Å². The molecule has 1 aliphatic heterocycles. The Hall–Kier alpha value is -1.45. The number of aromatic amines is 1. The number of esters is 1.